The van der Waals surface area contributed by atoms with E-state index in [0.717, 1.165) is 0 Å². The molecule has 1 aliphatic heterocycles. The first-order chi connectivity index (χ1) is 10.2. The fourth-order valence-corrected chi connectivity index (χ4v) is 2.33. The summed E-state index contributed by atoms with van der Waals surface area (Å²) >= 11 is 1.34. The van der Waals surface area contributed by atoms with Gasteiger partial charge in [-0.05, 0) is 18.4 Å². The van der Waals surface area contributed by atoms with Crippen LogP contribution in [0.1, 0.15) is 12.5 Å². The molecule has 1 aliphatic rings. The van der Waals surface area contributed by atoms with Gasteiger partial charge in [0.1, 0.15) is 11.9 Å². The molecule has 0 saturated heterocycles. The summed E-state index contributed by atoms with van der Waals surface area (Å²) in [6.07, 6.45) is 3.42. The van der Waals surface area contributed by atoms with Gasteiger partial charge in [-0.3, -0.25) is 14.9 Å². The second-order valence-electron chi connectivity index (χ2n) is 4.34. The molecule has 2 aromatic heterocycles. The summed E-state index contributed by atoms with van der Waals surface area (Å²) in [5.41, 5.74) is 0. The third-order valence-corrected chi connectivity index (χ3v) is 3.48. The highest BCUT2D eigenvalue weighted by Crippen LogP contribution is 2.25. The lowest BCUT2D eigenvalue weighted by Gasteiger charge is -2.22. The molecule has 0 fully saturated rings. The van der Waals surface area contributed by atoms with Crippen LogP contribution in [-0.2, 0) is 9.59 Å². The summed E-state index contributed by atoms with van der Waals surface area (Å²) in [7, 11) is 0. The topological polar surface area (TPSA) is 102 Å². The number of hydrogen-bond acceptors (Lipinski definition) is 6. The average molecular weight is 304 g/mol. The van der Waals surface area contributed by atoms with Crippen LogP contribution in [-0.4, -0.2) is 37.8 Å². The summed E-state index contributed by atoms with van der Waals surface area (Å²) in [6.45, 7) is 0. The van der Waals surface area contributed by atoms with Crippen molar-refractivity contribution >= 4 is 35.3 Å². The van der Waals surface area contributed by atoms with E-state index in [1.54, 1.807) is 24.4 Å². The van der Waals surface area contributed by atoms with Gasteiger partial charge in [0, 0.05) is 6.20 Å². The van der Waals surface area contributed by atoms with Crippen molar-refractivity contribution in [3.63, 3.8) is 0 Å². The van der Waals surface area contributed by atoms with E-state index in [2.05, 4.69) is 25.7 Å². The van der Waals surface area contributed by atoms with Crippen LogP contribution in [0.3, 0.4) is 0 Å². The van der Waals surface area contributed by atoms with Gasteiger partial charge in [0.15, 0.2) is 0 Å². The Balaban J connectivity index is 1.86. The average Bonchev–Trinajstić information content (AvgIpc) is 2.90. The Morgan fingerprint density at radius 1 is 1.52 bits per heavy atom. The molecular formula is C12H12N6O2S. The number of fused-ring (bicyclic) bond motifs is 1. The van der Waals surface area contributed by atoms with Crippen molar-refractivity contribution in [2.24, 2.45) is 0 Å². The molecule has 0 unspecified atom stereocenters. The number of nitrogens with zero attached hydrogens (tertiary/aromatic N) is 4. The minimum absolute atomic E-state index is 0.0167. The lowest BCUT2D eigenvalue weighted by atomic mass is 10.1. The molecular weight excluding hydrogens is 292 g/mol. The van der Waals surface area contributed by atoms with E-state index in [4.69, 9.17) is 0 Å². The second kappa shape index (κ2) is 5.52. The van der Waals surface area contributed by atoms with Gasteiger partial charge in [-0.2, -0.15) is 4.98 Å². The Kier molecular flexibility index (Phi) is 3.57. The number of nitrogens with one attached hydrogen (secondary N) is 2. The first-order valence-corrected chi connectivity index (χ1v) is 7.42. The maximum absolute atomic E-state index is 12.3. The van der Waals surface area contributed by atoms with Crippen LogP contribution in [0.25, 0.3) is 0 Å². The third-order valence-electron chi connectivity index (χ3n) is 2.94. The number of amides is 2. The van der Waals surface area contributed by atoms with Crippen molar-refractivity contribution in [1.82, 2.24) is 19.7 Å². The summed E-state index contributed by atoms with van der Waals surface area (Å²) in [6, 6.07) is 4.47. The van der Waals surface area contributed by atoms with Gasteiger partial charge >= 0.3 is 0 Å². The van der Waals surface area contributed by atoms with Crippen LogP contribution in [0, 0.1) is 0 Å². The molecule has 108 valence electrons. The minimum Gasteiger partial charge on any atom is -0.309 e. The molecule has 3 rings (SSSR count). The molecule has 21 heavy (non-hydrogen) atoms. The van der Waals surface area contributed by atoms with E-state index in [1.807, 2.05) is 6.26 Å². The molecule has 0 radical (unpaired) electrons. The number of carbonyl (C=O) groups excluding carboxylic acids is 2. The van der Waals surface area contributed by atoms with Crippen molar-refractivity contribution in [3.05, 3.63) is 24.4 Å². The Bertz CT molecular complexity index is 686. The predicted molar refractivity (Wildman–Crippen MR) is 77.0 cm³/mol. The Labute approximate surface area is 124 Å². The van der Waals surface area contributed by atoms with Crippen molar-refractivity contribution in [2.75, 3.05) is 16.9 Å². The van der Waals surface area contributed by atoms with Crippen LogP contribution in [0.4, 0.5) is 11.8 Å². The highest BCUT2D eigenvalue weighted by Gasteiger charge is 2.33. The summed E-state index contributed by atoms with van der Waals surface area (Å²) in [4.78, 5) is 32.2. The lowest BCUT2D eigenvalue weighted by molar-refractivity contribution is -0.125. The van der Waals surface area contributed by atoms with Gasteiger partial charge in [0.2, 0.25) is 17.0 Å². The number of thioether (sulfide) groups is 1. The highest BCUT2D eigenvalue weighted by atomic mass is 32.2. The minimum atomic E-state index is -0.732. The molecule has 0 aromatic carbocycles. The molecule has 0 aliphatic carbocycles. The van der Waals surface area contributed by atoms with Gasteiger partial charge in [-0.25, -0.2) is 9.67 Å². The smallest absolute Gasteiger partial charge is 0.251 e. The fraction of sp³-hybridized carbons (Fsp3) is 0.250. The standard InChI is InChI=1S/C12H12N6O2S/c1-21-12-16-11-15-9(19)6-7(18(11)17-12)10(20)14-8-4-2-3-5-13-8/h2-5,7H,6H2,1H3,(H,13,14,20)(H,15,16,17,19)/t7-/m0/s1. The van der Waals surface area contributed by atoms with Gasteiger partial charge < -0.3 is 5.32 Å². The SMILES string of the molecule is CSc1nc2n(n1)[C@H](C(=O)Nc1ccccn1)CC(=O)N2. The molecule has 9 heteroatoms. The Hall–Kier alpha value is -2.42. The number of aromatic nitrogens is 4. The van der Waals surface area contributed by atoms with Crippen molar-refractivity contribution in [2.45, 2.75) is 17.6 Å². The number of rotatable bonds is 3. The van der Waals surface area contributed by atoms with E-state index in [9.17, 15) is 9.59 Å². The zero-order valence-corrected chi connectivity index (χ0v) is 11.9. The van der Waals surface area contributed by atoms with Crippen molar-refractivity contribution < 1.29 is 9.59 Å². The first kappa shape index (κ1) is 13.6. The number of pyridine rings is 1. The van der Waals surface area contributed by atoms with E-state index in [-0.39, 0.29) is 24.2 Å². The van der Waals surface area contributed by atoms with Gasteiger partial charge in [0.05, 0.1) is 6.42 Å². The Morgan fingerprint density at radius 3 is 3.10 bits per heavy atom. The molecule has 1 atom stereocenters. The summed E-state index contributed by atoms with van der Waals surface area (Å²) in [5, 5.41) is 10.0. The molecule has 2 amide bonds. The van der Waals surface area contributed by atoms with Gasteiger partial charge in [0.25, 0.3) is 5.91 Å². The van der Waals surface area contributed by atoms with E-state index < -0.39 is 6.04 Å². The molecule has 0 spiro atoms. The fourth-order valence-electron chi connectivity index (χ4n) is 1.98. The predicted octanol–water partition coefficient (Wildman–Crippen LogP) is 0.917. The van der Waals surface area contributed by atoms with Gasteiger partial charge in [-0.15, -0.1) is 5.10 Å². The van der Waals surface area contributed by atoms with Crippen molar-refractivity contribution in [1.29, 1.82) is 0 Å². The molecule has 0 bridgehead atoms. The highest BCUT2D eigenvalue weighted by molar-refractivity contribution is 7.98. The third kappa shape index (κ3) is 2.72. The normalized spacial score (nSPS) is 17.0. The van der Waals surface area contributed by atoms with E-state index >= 15 is 0 Å². The van der Waals surface area contributed by atoms with Crippen LogP contribution in [0.2, 0.25) is 0 Å². The maximum atomic E-state index is 12.3. The molecule has 3 heterocycles. The maximum Gasteiger partial charge on any atom is 0.251 e. The quantitative estimate of drug-likeness (QED) is 0.817. The molecule has 2 N–H and O–H groups in total. The molecule has 0 saturated carbocycles. The monoisotopic (exact) mass is 304 g/mol. The second-order valence-corrected chi connectivity index (χ2v) is 5.11. The van der Waals surface area contributed by atoms with Crippen LogP contribution >= 0.6 is 11.8 Å². The van der Waals surface area contributed by atoms with Crippen LogP contribution < -0.4 is 10.6 Å². The van der Waals surface area contributed by atoms with Crippen LogP contribution in [0.15, 0.2) is 29.6 Å². The van der Waals surface area contributed by atoms with E-state index in [0.29, 0.717) is 11.0 Å². The van der Waals surface area contributed by atoms with E-state index in [1.165, 1.54) is 16.4 Å². The largest absolute Gasteiger partial charge is 0.309 e. The van der Waals surface area contributed by atoms with Gasteiger partial charge in [-0.1, -0.05) is 17.8 Å². The number of hydrogen-bond donors (Lipinski definition) is 2. The zero-order chi connectivity index (χ0) is 14.8. The zero-order valence-electron chi connectivity index (χ0n) is 11.1. The van der Waals surface area contributed by atoms with Crippen LogP contribution in [0.5, 0.6) is 0 Å². The lowest BCUT2D eigenvalue weighted by Crippen LogP contribution is -2.36. The first-order valence-electron chi connectivity index (χ1n) is 6.19. The molecule has 8 nitrogen and oxygen atoms in total. The van der Waals surface area contributed by atoms with Crippen molar-refractivity contribution in [3.8, 4) is 0 Å². The Morgan fingerprint density at radius 2 is 2.38 bits per heavy atom. The summed E-state index contributed by atoms with van der Waals surface area (Å²) < 4.78 is 1.44. The number of carbonyl (C=O) groups is 2. The number of anilines is 2. The molecule has 2 aromatic rings. The summed E-state index contributed by atoms with van der Waals surface area (Å²) in [5.74, 6) is 0.114.